The Morgan fingerprint density at radius 2 is 1.69 bits per heavy atom. The Morgan fingerprint density at radius 1 is 1.04 bits per heavy atom. The van der Waals surface area contributed by atoms with Crippen molar-refractivity contribution in [3.63, 3.8) is 0 Å². The Balaban J connectivity index is 2.05. The van der Waals surface area contributed by atoms with E-state index in [9.17, 15) is 0 Å². The molecule has 1 aromatic heterocycles. The fourth-order valence-corrected chi connectivity index (χ4v) is 3.81. The van der Waals surface area contributed by atoms with Crippen LogP contribution in [-0.4, -0.2) is 18.3 Å². The number of hydrogen-bond acceptors (Lipinski definition) is 3. The van der Waals surface area contributed by atoms with E-state index in [1.807, 2.05) is 24.3 Å². The topological polar surface area (TPSA) is 37.9 Å². The first kappa shape index (κ1) is 19.0. The molecule has 0 amide bonds. The quantitative estimate of drug-likeness (QED) is 0.414. The van der Waals surface area contributed by atoms with Crippen molar-refractivity contribution in [2.24, 2.45) is 0 Å². The Bertz CT molecular complexity index is 989. The molecule has 5 heteroatoms. The molecule has 3 aromatic rings. The summed E-state index contributed by atoms with van der Waals surface area (Å²) in [5.41, 5.74) is 4.15. The summed E-state index contributed by atoms with van der Waals surface area (Å²) >= 11 is 5.35. The minimum Gasteiger partial charge on any atom is -0.413 e. The van der Waals surface area contributed by atoms with Crippen LogP contribution in [-0.2, 0) is 11.0 Å². The number of fused-ring (bicyclic) bond motifs is 1. The maximum absolute atomic E-state index is 6.46. The van der Waals surface area contributed by atoms with Gasteiger partial charge in [0, 0.05) is 16.5 Å². The first-order chi connectivity index (χ1) is 12.2. The second-order valence-corrected chi connectivity index (χ2v) is 13.3. The van der Waals surface area contributed by atoms with Crippen LogP contribution < -0.4 is 0 Å². The average Bonchev–Trinajstić information content (AvgIpc) is 2.58. The number of aromatic amines is 1. The number of aromatic nitrogens is 2. The predicted molar refractivity (Wildman–Crippen MR) is 114 cm³/mol. The molecular formula is C21H26N2OSSi. The van der Waals surface area contributed by atoms with Crippen LogP contribution in [0.15, 0.2) is 48.5 Å². The minimum absolute atomic E-state index is 0.183. The molecule has 0 atom stereocenters. The molecule has 3 rings (SSSR count). The summed E-state index contributed by atoms with van der Waals surface area (Å²) in [6, 6.07) is 16.5. The zero-order valence-electron chi connectivity index (χ0n) is 16.1. The largest absolute Gasteiger partial charge is 0.413 e. The molecule has 0 spiro atoms. The fourth-order valence-electron chi connectivity index (χ4n) is 2.66. The lowest BCUT2D eigenvalue weighted by molar-refractivity contribution is 0.277. The van der Waals surface area contributed by atoms with E-state index in [1.165, 1.54) is 0 Å². The molecule has 1 heterocycles. The van der Waals surface area contributed by atoms with Gasteiger partial charge in [-0.3, -0.25) is 0 Å². The van der Waals surface area contributed by atoms with Gasteiger partial charge in [-0.1, -0.05) is 63.2 Å². The highest BCUT2D eigenvalue weighted by atomic mass is 32.1. The van der Waals surface area contributed by atoms with Crippen LogP contribution in [0.2, 0.25) is 18.1 Å². The van der Waals surface area contributed by atoms with Gasteiger partial charge in [0.15, 0.2) is 13.1 Å². The normalized spacial score (nSPS) is 12.5. The third-order valence-electron chi connectivity index (χ3n) is 5.30. The van der Waals surface area contributed by atoms with Crippen molar-refractivity contribution in [2.45, 2.75) is 45.5 Å². The average molecular weight is 383 g/mol. The summed E-state index contributed by atoms with van der Waals surface area (Å²) in [6.45, 7) is 11.9. The second-order valence-electron chi connectivity index (χ2n) is 8.14. The molecular weight excluding hydrogens is 356 g/mol. The third-order valence-corrected chi connectivity index (χ3v) is 9.98. The lowest BCUT2D eigenvalue weighted by atomic mass is 10.0. The number of nitrogens with zero attached hydrogens (tertiary/aromatic N) is 1. The van der Waals surface area contributed by atoms with E-state index in [4.69, 9.17) is 16.6 Å². The van der Waals surface area contributed by atoms with Crippen molar-refractivity contribution in [3.05, 3.63) is 58.9 Å². The lowest BCUT2D eigenvalue weighted by Crippen LogP contribution is -2.40. The molecule has 1 N–H and O–H groups in total. The van der Waals surface area contributed by atoms with E-state index in [2.05, 4.69) is 68.1 Å². The number of H-pyrrole nitrogens is 1. The van der Waals surface area contributed by atoms with Crippen LogP contribution in [0.3, 0.4) is 0 Å². The summed E-state index contributed by atoms with van der Waals surface area (Å²) < 4.78 is 6.96. The van der Waals surface area contributed by atoms with Gasteiger partial charge in [0.2, 0.25) is 0 Å². The van der Waals surface area contributed by atoms with Crippen molar-refractivity contribution in [1.82, 2.24) is 9.97 Å². The van der Waals surface area contributed by atoms with Crippen molar-refractivity contribution in [1.29, 1.82) is 0 Å². The van der Waals surface area contributed by atoms with Gasteiger partial charge in [-0.05, 0) is 42.0 Å². The molecule has 26 heavy (non-hydrogen) atoms. The van der Waals surface area contributed by atoms with E-state index in [0.717, 1.165) is 27.7 Å². The third kappa shape index (κ3) is 3.80. The first-order valence-corrected chi connectivity index (χ1v) is 12.2. The summed E-state index contributed by atoms with van der Waals surface area (Å²) in [5, 5.41) is 1.25. The molecule has 0 saturated heterocycles. The van der Waals surface area contributed by atoms with Gasteiger partial charge >= 0.3 is 0 Å². The van der Waals surface area contributed by atoms with E-state index < -0.39 is 8.32 Å². The Labute approximate surface area is 161 Å². The molecule has 0 aliphatic rings. The van der Waals surface area contributed by atoms with Crippen molar-refractivity contribution in [2.75, 3.05) is 0 Å². The van der Waals surface area contributed by atoms with E-state index in [0.29, 0.717) is 11.4 Å². The molecule has 0 bridgehead atoms. The predicted octanol–water partition coefficient (Wildman–Crippen LogP) is 6.48. The highest BCUT2D eigenvalue weighted by molar-refractivity contribution is 7.71. The molecule has 3 nitrogen and oxygen atoms in total. The Hall–Kier alpha value is -1.82. The van der Waals surface area contributed by atoms with Crippen LogP contribution >= 0.6 is 12.2 Å². The van der Waals surface area contributed by atoms with Crippen LogP contribution in [0.4, 0.5) is 0 Å². The molecule has 0 aliphatic carbocycles. The Morgan fingerprint density at radius 3 is 2.42 bits per heavy atom. The summed E-state index contributed by atoms with van der Waals surface area (Å²) in [7, 11) is -1.82. The monoisotopic (exact) mass is 382 g/mol. The van der Waals surface area contributed by atoms with Gasteiger partial charge < -0.3 is 9.41 Å². The number of para-hydroxylation sites is 1. The number of nitrogens with one attached hydrogen (secondary N) is 1. The van der Waals surface area contributed by atoms with Crippen molar-refractivity contribution in [3.8, 4) is 11.3 Å². The summed E-state index contributed by atoms with van der Waals surface area (Å²) in [6.07, 6.45) is 0. The van der Waals surface area contributed by atoms with Crippen LogP contribution in [0.1, 0.15) is 26.3 Å². The van der Waals surface area contributed by atoms with Crippen LogP contribution in [0.5, 0.6) is 0 Å². The zero-order chi connectivity index (χ0) is 18.9. The number of rotatable bonds is 4. The fraction of sp³-hybridized carbons (Fsp3) is 0.333. The van der Waals surface area contributed by atoms with E-state index in [-0.39, 0.29) is 5.04 Å². The highest BCUT2D eigenvalue weighted by Crippen LogP contribution is 2.38. The standard InChI is InChI=1S/C21H26N2OSSi/c1-21(2,3)26(4,5)24-14-15-10-6-7-11-16(15)19-17-12-8-9-13-18(17)22-20(25)23-19/h6-13H,14H2,1-5H3,(H,22,23,25). The molecule has 0 aliphatic heterocycles. The maximum atomic E-state index is 6.46. The maximum Gasteiger partial charge on any atom is 0.197 e. The van der Waals surface area contributed by atoms with Gasteiger partial charge in [-0.25, -0.2) is 4.98 Å². The van der Waals surface area contributed by atoms with Crippen LogP contribution in [0.25, 0.3) is 22.2 Å². The number of hydrogen-bond donors (Lipinski definition) is 1. The van der Waals surface area contributed by atoms with Gasteiger partial charge in [-0.15, -0.1) is 0 Å². The SMILES string of the molecule is CC(C)(C)[Si](C)(C)OCc1ccccc1-c1nc(=S)[nH]c2ccccc12. The van der Waals surface area contributed by atoms with Gasteiger partial charge in [0.1, 0.15) is 0 Å². The van der Waals surface area contributed by atoms with Crippen LogP contribution in [0, 0.1) is 4.77 Å². The van der Waals surface area contributed by atoms with E-state index >= 15 is 0 Å². The molecule has 136 valence electrons. The first-order valence-electron chi connectivity index (χ1n) is 8.90. The smallest absolute Gasteiger partial charge is 0.197 e. The van der Waals surface area contributed by atoms with E-state index in [1.54, 1.807) is 0 Å². The van der Waals surface area contributed by atoms with Gasteiger partial charge in [-0.2, -0.15) is 0 Å². The number of benzene rings is 2. The van der Waals surface area contributed by atoms with Crippen molar-refractivity contribution < 1.29 is 4.43 Å². The lowest BCUT2D eigenvalue weighted by Gasteiger charge is -2.36. The summed E-state index contributed by atoms with van der Waals surface area (Å²) in [5.74, 6) is 0. The minimum atomic E-state index is -1.82. The highest BCUT2D eigenvalue weighted by Gasteiger charge is 2.37. The molecule has 2 aromatic carbocycles. The second kappa shape index (κ2) is 7.06. The summed E-state index contributed by atoms with van der Waals surface area (Å²) in [4.78, 5) is 7.82. The molecule has 0 radical (unpaired) electrons. The van der Waals surface area contributed by atoms with Gasteiger partial charge in [0.05, 0.1) is 12.3 Å². The van der Waals surface area contributed by atoms with Crippen molar-refractivity contribution >= 4 is 31.4 Å². The molecule has 0 fully saturated rings. The molecule has 0 saturated carbocycles. The Kier molecular flexibility index (Phi) is 5.15. The van der Waals surface area contributed by atoms with Gasteiger partial charge in [0.25, 0.3) is 0 Å². The zero-order valence-corrected chi connectivity index (χ0v) is 17.9. The molecule has 0 unspecified atom stereocenters.